The maximum atomic E-state index is 13.9. The van der Waals surface area contributed by atoms with Gasteiger partial charge in [0.25, 0.3) is 5.91 Å². The molecule has 2 aromatic rings. The zero-order valence-corrected chi connectivity index (χ0v) is 16.9. The van der Waals surface area contributed by atoms with Crippen LogP contribution >= 0.6 is 15.9 Å². The van der Waals surface area contributed by atoms with Gasteiger partial charge in [-0.25, -0.2) is 17.1 Å². The van der Waals surface area contributed by atoms with Gasteiger partial charge in [0.2, 0.25) is 15.9 Å². The highest BCUT2D eigenvalue weighted by atomic mass is 79.9. The molecule has 1 aliphatic heterocycles. The van der Waals surface area contributed by atoms with Crippen LogP contribution in [-0.2, 0) is 14.8 Å². The van der Waals surface area contributed by atoms with Crippen molar-refractivity contribution in [3.63, 3.8) is 0 Å². The Morgan fingerprint density at radius 3 is 2.52 bits per heavy atom. The molecule has 9 heteroatoms. The third-order valence-corrected chi connectivity index (χ3v) is 6.62. The van der Waals surface area contributed by atoms with Crippen LogP contribution in [0.4, 0.5) is 15.8 Å². The Morgan fingerprint density at radius 1 is 1.22 bits per heavy atom. The zero-order chi connectivity index (χ0) is 20.0. The van der Waals surface area contributed by atoms with Crippen LogP contribution in [0.15, 0.2) is 46.9 Å². The second kappa shape index (κ2) is 6.72. The Hall–Kier alpha value is -2.26. The van der Waals surface area contributed by atoms with Gasteiger partial charge in [-0.3, -0.25) is 9.59 Å². The molecule has 1 fully saturated rings. The van der Waals surface area contributed by atoms with Crippen molar-refractivity contribution in [3.8, 4) is 0 Å². The molecule has 2 aromatic carbocycles. The first-order valence-electron chi connectivity index (χ1n) is 7.95. The van der Waals surface area contributed by atoms with Crippen molar-refractivity contribution >= 4 is 49.1 Å². The highest BCUT2D eigenvalue weighted by Gasteiger charge is 2.49. The van der Waals surface area contributed by atoms with Crippen molar-refractivity contribution in [3.05, 3.63) is 58.3 Å². The van der Waals surface area contributed by atoms with Crippen molar-refractivity contribution in [2.45, 2.75) is 13.8 Å². The molecule has 0 radical (unpaired) electrons. The van der Waals surface area contributed by atoms with E-state index in [4.69, 9.17) is 0 Å². The van der Waals surface area contributed by atoms with E-state index in [1.54, 1.807) is 19.9 Å². The smallest absolute Gasteiger partial charge is 0.255 e. The van der Waals surface area contributed by atoms with Crippen molar-refractivity contribution < 1.29 is 22.4 Å². The first-order chi connectivity index (χ1) is 12.5. The number of hydrogen-bond donors (Lipinski definition) is 1. The van der Waals surface area contributed by atoms with Gasteiger partial charge in [0.05, 0.1) is 22.5 Å². The maximum Gasteiger partial charge on any atom is 0.255 e. The van der Waals surface area contributed by atoms with Crippen LogP contribution in [0.3, 0.4) is 0 Å². The van der Waals surface area contributed by atoms with Gasteiger partial charge >= 0.3 is 0 Å². The molecule has 1 heterocycles. The summed E-state index contributed by atoms with van der Waals surface area (Å²) in [6, 6.07) is 9.84. The first-order valence-corrected chi connectivity index (χ1v) is 10.4. The normalized spacial score (nSPS) is 17.8. The molecule has 0 bridgehead atoms. The van der Waals surface area contributed by atoms with Crippen LogP contribution in [0.5, 0.6) is 0 Å². The lowest BCUT2D eigenvalue weighted by atomic mass is 9.95. The van der Waals surface area contributed by atoms with E-state index >= 15 is 0 Å². The van der Waals surface area contributed by atoms with Gasteiger partial charge in [-0.1, -0.05) is 22.0 Å². The van der Waals surface area contributed by atoms with Gasteiger partial charge in [-0.2, -0.15) is 0 Å². The molecular weight excluding hydrogens is 439 g/mol. The Kier molecular flexibility index (Phi) is 4.85. The van der Waals surface area contributed by atoms with E-state index in [-0.39, 0.29) is 22.7 Å². The topological polar surface area (TPSA) is 83.6 Å². The molecule has 27 heavy (non-hydrogen) atoms. The number of benzene rings is 2. The van der Waals surface area contributed by atoms with E-state index in [0.717, 1.165) is 4.31 Å². The monoisotopic (exact) mass is 454 g/mol. The van der Waals surface area contributed by atoms with Gasteiger partial charge < -0.3 is 5.32 Å². The molecule has 1 aliphatic rings. The average Bonchev–Trinajstić information content (AvgIpc) is 2.73. The Labute approximate surface area is 164 Å². The average molecular weight is 455 g/mol. The van der Waals surface area contributed by atoms with Gasteiger partial charge in [-0.15, -0.1) is 0 Å². The van der Waals surface area contributed by atoms with E-state index in [2.05, 4.69) is 21.2 Å². The highest BCUT2D eigenvalue weighted by Crippen LogP contribution is 2.36. The molecular formula is C18H16BrFN2O4S. The zero-order valence-electron chi connectivity index (χ0n) is 14.5. The van der Waals surface area contributed by atoms with Crippen molar-refractivity contribution in [2.75, 3.05) is 15.4 Å². The third-order valence-electron chi connectivity index (χ3n) is 4.11. The van der Waals surface area contributed by atoms with Crippen molar-refractivity contribution in [1.82, 2.24) is 0 Å². The van der Waals surface area contributed by atoms with Gasteiger partial charge in [-0.05, 0) is 50.2 Å². The predicted octanol–water partition coefficient (Wildman–Crippen LogP) is 3.54. The van der Waals surface area contributed by atoms with Crippen LogP contribution in [0.25, 0.3) is 0 Å². The Balaban J connectivity index is 1.92. The van der Waals surface area contributed by atoms with E-state index < -0.39 is 33.1 Å². The highest BCUT2D eigenvalue weighted by molar-refractivity contribution is 9.10. The van der Waals surface area contributed by atoms with Crippen LogP contribution in [-0.4, -0.2) is 26.0 Å². The molecule has 0 spiro atoms. The maximum absolute atomic E-state index is 13.9. The molecule has 6 nitrogen and oxygen atoms in total. The van der Waals surface area contributed by atoms with E-state index in [1.165, 1.54) is 36.4 Å². The minimum atomic E-state index is -3.82. The second-order valence-corrected chi connectivity index (χ2v) is 9.57. The predicted molar refractivity (Wildman–Crippen MR) is 104 cm³/mol. The van der Waals surface area contributed by atoms with Crippen LogP contribution in [0, 0.1) is 11.2 Å². The summed E-state index contributed by atoms with van der Waals surface area (Å²) in [5.41, 5.74) is -0.880. The SMILES string of the molecule is CC1(C)CS(=O)(=O)N(c2cccc(C(=O)Nc3ccc(Br)cc3F)c2)C1=O. The summed E-state index contributed by atoms with van der Waals surface area (Å²) in [6.07, 6.45) is 0. The summed E-state index contributed by atoms with van der Waals surface area (Å²) in [4.78, 5) is 24.9. The molecule has 3 rings (SSSR count). The minimum Gasteiger partial charge on any atom is -0.319 e. The van der Waals surface area contributed by atoms with Crippen LogP contribution in [0.1, 0.15) is 24.2 Å². The number of sulfonamides is 1. The fourth-order valence-electron chi connectivity index (χ4n) is 2.82. The number of hydrogen-bond acceptors (Lipinski definition) is 4. The molecule has 0 saturated carbocycles. The quantitative estimate of drug-likeness (QED) is 0.768. The first kappa shape index (κ1) is 19.5. The molecule has 0 unspecified atom stereocenters. The number of halogens is 2. The number of rotatable bonds is 3. The molecule has 1 N–H and O–H groups in total. The lowest BCUT2D eigenvalue weighted by Gasteiger charge is -2.18. The molecule has 142 valence electrons. The van der Waals surface area contributed by atoms with Crippen LogP contribution in [0.2, 0.25) is 0 Å². The van der Waals surface area contributed by atoms with E-state index in [9.17, 15) is 22.4 Å². The number of nitrogens with zero attached hydrogens (tertiary/aromatic N) is 1. The molecule has 0 aromatic heterocycles. The standard InChI is InChI=1S/C18H16BrFN2O4S/c1-18(2)10-27(25,26)22(17(18)24)13-5-3-4-11(8-13)16(23)21-15-7-6-12(19)9-14(15)20/h3-9H,10H2,1-2H3,(H,21,23). The summed E-state index contributed by atoms with van der Waals surface area (Å²) >= 11 is 3.13. The summed E-state index contributed by atoms with van der Waals surface area (Å²) in [7, 11) is -3.82. The molecule has 0 atom stereocenters. The van der Waals surface area contributed by atoms with Gasteiger partial charge in [0.15, 0.2) is 0 Å². The summed E-state index contributed by atoms with van der Waals surface area (Å²) < 4.78 is 39.9. The van der Waals surface area contributed by atoms with Gasteiger partial charge in [0, 0.05) is 10.0 Å². The number of amides is 2. The van der Waals surface area contributed by atoms with Crippen molar-refractivity contribution in [1.29, 1.82) is 0 Å². The molecule has 2 amide bonds. The second-order valence-electron chi connectivity index (χ2n) is 6.84. The Bertz CT molecular complexity index is 1050. The summed E-state index contributed by atoms with van der Waals surface area (Å²) in [5, 5.41) is 2.43. The van der Waals surface area contributed by atoms with Crippen molar-refractivity contribution in [2.24, 2.45) is 5.41 Å². The number of carbonyl (C=O) groups excluding carboxylic acids is 2. The number of carbonyl (C=O) groups is 2. The summed E-state index contributed by atoms with van der Waals surface area (Å²) in [6.45, 7) is 3.11. The Morgan fingerprint density at radius 2 is 1.93 bits per heavy atom. The molecule has 1 saturated heterocycles. The van der Waals surface area contributed by atoms with E-state index in [1.807, 2.05) is 0 Å². The fourth-order valence-corrected chi connectivity index (χ4v) is 5.25. The molecule has 0 aliphatic carbocycles. The third kappa shape index (κ3) is 3.74. The van der Waals surface area contributed by atoms with E-state index in [0.29, 0.717) is 4.47 Å². The number of anilines is 2. The lowest BCUT2D eigenvalue weighted by molar-refractivity contribution is -0.123. The van der Waals surface area contributed by atoms with Gasteiger partial charge in [0.1, 0.15) is 5.82 Å². The fraction of sp³-hybridized carbons (Fsp3) is 0.222. The summed E-state index contributed by atoms with van der Waals surface area (Å²) in [5.74, 6) is -2.10. The number of nitrogens with one attached hydrogen (secondary N) is 1. The lowest BCUT2D eigenvalue weighted by Crippen LogP contribution is -2.33. The largest absolute Gasteiger partial charge is 0.319 e. The minimum absolute atomic E-state index is 0.0143. The van der Waals surface area contributed by atoms with Crippen LogP contribution < -0.4 is 9.62 Å².